The molecule has 1 aromatic heterocycles. The van der Waals surface area contributed by atoms with Gasteiger partial charge in [-0.2, -0.15) is 0 Å². The Balaban J connectivity index is 1.51. The van der Waals surface area contributed by atoms with E-state index in [9.17, 15) is 9.59 Å². The number of nitrogens with zero attached hydrogens (tertiary/aromatic N) is 2. The summed E-state index contributed by atoms with van der Waals surface area (Å²) in [7, 11) is 0. The fourth-order valence-electron chi connectivity index (χ4n) is 2.98. The Morgan fingerprint density at radius 2 is 1.67 bits per heavy atom. The lowest BCUT2D eigenvalue weighted by molar-refractivity contribution is -0.131. The van der Waals surface area contributed by atoms with Crippen molar-refractivity contribution >= 4 is 23.2 Å². The van der Waals surface area contributed by atoms with Crippen LogP contribution in [0.15, 0.2) is 47.8 Å². The van der Waals surface area contributed by atoms with Crippen LogP contribution in [0.25, 0.3) is 0 Å². The molecule has 24 heavy (non-hydrogen) atoms. The van der Waals surface area contributed by atoms with Crippen LogP contribution in [0.4, 0.5) is 0 Å². The Bertz CT molecular complexity index is 670. The van der Waals surface area contributed by atoms with Crippen LogP contribution in [0.2, 0.25) is 0 Å². The lowest BCUT2D eigenvalue weighted by Crippen LogP contribution is -2.37. The molecule has 2 aromatic rings. The van der Waals surface area contributed by atoms with Crippen molar-refractivity contribution in [1.82, 2.24) is 9.80 Å². The van der Waals surface area contributed by atoms with E-state index in [-0.39, 0.29) is 11.8 Å². The lowest BCUT2D eigenvalue weighted by atomic mass is 10.1. The van der Waals surface area contributed by atoms with Crippen LogP contribution < -0.4 is 0 Å². The highest BCUT2D eigenvalue weighted by Gasteiger charge is 2.23. The summed E-state index contributed by atoms with van der Waals surface area (Å²) in [5.74, 6) is 0.271. The van der Waals surface area contributed by atoms with Crippen LogP contribution in [-0.2, 0) is 11.2 Å². The molecular weight excluding hydrogens is 320 g/mol. The van der Waals surface area contributed by atoms with Gasteiger partial charge in [-0.25, -0.2) is 0 Å². The highest BCUT2D eigenvalue weighted by Crippen LogP contribution is 2.14. The smallest absolute Gasteiger partial charge is 0.263 e. The number of hydrogen-bond acceptors (Lipinski definition) is 3. The van der Waals surface area contributed by atoms with Gasteiger partial charge < -0.3 is 9.80 Å². The summed E-state index contributed by atoms with van der Waals surface area (Å²) in [6.07, 6.45) is 2.14. The minimum Gasteiger partial charge on any atom is -0.341 e. The molecular formula is C19H22N2O2S. The van der Waals surface area contributed by atoms with Gasteiger partial charge in [0.1, 0.15) is 0 Å². The summed E-state index contributed by atoms with van der Waals surface area (Å²) in [4.78, 5) is 29.4. The molecule has 0 unspecified atom stereocenters. The van der Waals surface area contributed by atoms with Crippen LogP contribution >= 0.6 is 11.3 Å². The zero-order valence-corrected chi connectivity index (χ0v) is 14.5. The third-order valence-electron chi connectivity index (χ3n) is 4.34. The molecule has 1 saturated heterocycles. The zero-order chi connectivity index (χ0) is 16.8. The molecule has 2 amide bonds. The fraction of sp³-hybridized carbons (Fsp3) is 0.368. The zero-order valence-electron chi connectivity index (χ0n) is 13.7. The van der Waals surface area contributed by atoms with Crippen molar-refractivity contribution in [2.45, 2.75) is 19.3 Å². The van der Waals surface area contributed by atoms with E-state index in [0.29, 0.717) is 19.5 Å². The van der Waals surface area contributed by atoms with E-state index in [1.807, 2.05) is 45.5 Å². The van der Waals surface area contributed by atoms with Crippen LogP contribution in [0.1, 0.15) is 28.1 Å². The molecule has 0 atom stereocenters. The molecule has 1 aromatic carbocycles. The van der Waals surface area contributed by atoms with Crippen molar-refractivity contribution in [3.05, 3.63) is 58.3 Å². The molecule has 4 nitrogen and oxygen atoms in total. The highest BCUT2D eigenvalue weighted by atomic mass is 32.1. The lowest BCUT2D eigenvalue weighted by Gasteiger charge is -2.22. The molecule has 126 valence electrons. The van der Waals surface area contributed by atoms with Gasteiger partial charge in [-0.3, -0.25) is 9.59 Å². The van der Waals surface area contributed by atoms with Gasteiger partial charge in [-0.15, -0.1) is 11.3 Å². The highest BCUT2D eigenvalue weighted by molar-refractivity contribution is 7.12. The Kier molecular flexibility index (Phi) is 5.64. The molecule has 1 fully saturated rings. The van der Waals surface area contributed by atoms with Crippen molar-refractivity contribution in [2.24, 2.45) is 0 Å². The van der Waals surface area contributed by atoms with E-state index in [2.05, 4.69) is 12.1 Å². The Hall–Kier alpha value is -2.14. The molecule has 1 aliphatic heterocycles. The van der Waals surface area contributed by atoms with E-state index in [4.69, 9.17) is 0 Å². The van der Waals surface area contributed by atoms with E-state index in [1.165, 1.54) is 16.9 Å². The first-order valence-electron chi connectivity index (χ1n) is 8.38. The van der Waals surface area contributed by atoms with Crippen LogP contribution in [0.5, 0.6) is 0 Å². The third-order valence-corrected chi connectivity index (χ3v) is 5.20. The normalized spacial score (nSPS) is 15.2. The standard InChI is InChI=1S/C19H22N2O2S/c22-18(10-9-16-6-2-1-3-7-16)20-11-5-12-21(14-13-20)19(23)17-8-4-15-24-17/h1-4,6-8,15H,5,9-14H2. The largest absolute Gasteiger partial charge is 0.341 e. The van der Waals surface area contributed by atoms with Crippen LogP contribution in [0, 0.1) is 0 Å². The van der Waals surface area contributed by atoms with Gasteiger partial charge in [0.2, 0.25) is 5.91 Å². The monoisotopic (exact) mass is 342 g/mol. The van der Waals surface area contributed by atoms with Gasteiger partial charge in [0.15, 0.2) is 0 Å². The fourth-order valence-corrected chi connectivity index (χ4v) is 3.67. The molecule has 5 heteroatoms. The van der Waals surface area contributed by atoms with Gasteiger partial charge in [-0.1, -0.05) is 36.4 Å². The van der Waals surface area contributed by atoms with E-state index >= 15 is 0 Å². The van der Waals surface area contributed by atoms with Crippen molar-refractivity contribution in [1.29, 1.82) is 0 Å². The van der Waals surface area contributed by atoms with Crippen molar-refractivity contribution in [2.75, 3.05) is 26.2 Å². The summed E-state index contributed by atoms with van der Waals surface area (Å²) in [5, 5.41) is 1.92. The summed E-state index contributed by atoms with van der Waals surface area (Å²) in [5.41, 5.74) is 1.19. The van der Waals surface area contributed by atoms with Gasteiger partial charge in [0.25, 0.3) is 5.91 Å². The molecule has 0 aliphatic carbocycles. The summed E-state index contributed by atoms with van der Waals surface area (Å²) < 4.78 is 0. The summed E-state index contributed by atoms with van der Waals surface area (Å²) in [6.45, 7) is 2.71. The van der Waals surface area contributed by atoms with Crippen molar-refractivity contribution < 1.29 is 9.59 Å². The van der Waals surface area contributed by atoms with Crippen molar-refractivity contribution in [3.63, 3.8) is 0 Å². The molecule has 0 saturated carbocycles. The minimum atomic E-state index is 0.0867. The second-order valence-corrected chi connectivity index (χ2v) is 6.94. The summed E-state index contributed by atoms with van der Waals surface area (Å²) in [6, 6.07) is 13.9. The number of rotatable bonds is 4. The maximum absolute atomic E-state index is 12.5. The Morgan fingerprint density at radius 1 is 0.917 bits per heavy atom. The number of carbonyl (C=O) groups is 2. The van der Waals surface area contributed by atoms with Crippen LogP contribution in [0.3, 0.4) is 0 Å². The van der Waals surface area contributed by atoms with E-state index in [1.54, 1.807) is 0 Å². The van der Waals surface area contributed by atoms with Crippen molar-refractivity contribution in [3.8, 4) is 0 Å². The molecule has 1 aliphatic rings. The molecule has 0 spiro atoms. The second-order valence-electron chi connectivity index (χ2n) is 5.99. The average molecular weight is 342 g/mol. The van der Waals surface area contributed by atoms with E-state index in [0.717, 1.165) is 30.8 Å². The average Bonchev–Trinajstić information content (AvgIpc) is 3.04. The third kappa shape index (κ3) is 4.23. The topological polar surface area (TPSA) is 40.6 Å². The maximum Gasteiger partial charge on any atom is 0.263 e. The second kappa shape index (κ2) is 8.11. The van der Waals surface area contributed by atoms with Gasteiger partial charge >= 0.3 is 0 Å². The molecule has 0 N–H and O–H groups in total. The first-order valence-corrected chi connectivity index (χ1v) is 9.26. The maximum atomic E-state index is 12.5. The number of benzene rings is 1. The molecule has 2 heterocycles. The van der Waals surface area contributed by atoms with Crippen LogP contribution in [-0.4, -0.2) is 47.8 Å². The summed E-state index contributed by atoms with van der Waals surface area (Å²) >= 11 is 1.47. The van der Waals surface area contributed by atoms with Gasteiger partial charge in [-0.05, 0) is 29.9 Å². The number of carbonyl (C=O) groups excluding carboxylic acids is 2. The molecule has 0 bridgehead atoms. The molecule has 0 radical (unpaired) electrons. The number of thiophene rings is 1. The number of amides is 2. The minimum absolute atomic E-state index is 0.0867. The van der Waals surface area contributed by atoms with E-state index < -0.39 is 0 Å². The first-order chi connectivity index (χ1) is 11.7. The molecule has 3 rings (SSSR count). The van der Waals surface area contributed by atoms with Gasteiger partial charge in [0, 0.05) is 32.6 Å². The quantitative estimate of drug-likeness (QED) is 0.857. The predicted octanol–water partition coefficient (Wildman–Crippen LogP) is 3.06. The number of hydrogen-bond donors (Lipinski definition) is 0. The van der Waals surface area contributed by atoms with Gasteiger partial charge in [0.05, 0.1) is 4.88 Å². The number of aryl methyl sites for hydroxylation is 1. The predicted molar refractivity (Wildman–Crippen MR) is 96.2 cm³/mol. The Labute approximate surface area is 146 Å². The SMILES string of the molecule is O=C(CCc1ccccc1)N1CCCN(C(=O)c2cccs2)CC1. The first kappa shape index (κ1) is 16.7. The Morgan fingerprint density at radius 3 is 2.42 bits per heavy atom.